The molecule has 0 aliphatic heterocycles. The molecule has 2 atom stereocenters. The van der Waals surface area contributed by atoms with Gasteiger partial charge in [-0.05, 0) is 19.4 Å². The molecule has 0 bridgehead atoms. The Hall–Kier alpha value is -1.32. The van der Waals surface area contributed by atoms with E-state index in [1.54, 1.807) is 12.2 Å². The highest BCUT2D eigenvalue weighted by Gasteiger charge is 2.22. The lowest BCUT2D eigenvalue weighted by Crippen LogP contribution is -2.25. The molecule has 0 saturated carbocycles. The summed E-state index contributed by atoms with van der Waals surface area (Å²) < 4.78 is 9.55. The highest BCUT2D eigenvalue weighted by atomic mass is 16.7. The van der Waals surface area contributed by atoms with Crippen LogP contribution in [0.1, 0.15) is 33.1 Å². The van der Waals surface area contributed by atoms with Gasteiger partial charge in [-0.2, -0.15) is 0 Å². The van der Waals surface area contributed by atoms with Crippen molar-refractivity contribution in [3.63, 3.8) is 0 Å². The third-order valence-electron chi connectivity index (χ3n) is 2.30. The molecule has 0 N–H and O–H groups in total. The van der Waals surface area contributed by atoms with Crippen molar-refractivity contribution in [2.45, 2.75) is 39.2 Å². The summed E-state index contributed by atoms with van der Waals surface area (Å²) >= 11 is 0. The van der Waals surface area contributed by atoms with Gasteiger partial charge in [-0.3, -0.25) is 0 Å². The van der Waals surface area contributed by atoms with Gasteiger partial charge in [-0.1, -0.05) is 19.4 Å². The standard InChI is InChI=1S/C12H20O4/c1-4-6-10(8-9-13)11(7-5-2)16-12(14)15-3/h5,7,9-11H,4,6,8H2,1-3H3/b7-5+. The van der Waals surface area contributed by atoms with E-state index in [1.165, 1.54) is 7.11 Å². The zero-order valence-electron chi connectivity index (χ0n) is 10.1. The Kier molecular flexibility index (Phi) is 8.21. The molecule has 0 heterocycles. The van der Waals surface area contributed by atoms with Gasteiger partial charge in [-0.15, -0.1) is 0 Å². The van der Waals surface area contributed by atoms with Gasteiger partial charge in [0.15, 0.2) is 0 Å². The van der Waals surface area contributed by atoms with Crippen LogP contribution < -0.4 is 0 Å². The first-order chi connectivity index (χ1) is 7.69. The number of carbonyl (C=O) groups excluding carboxylic acids is 2. The fourth-order valence-electron chi connectivity index (χ4n) is 1.55. The van der Waals surface area contributed by atoms with Gasteiger partial charge in [0.1, 0.15) is 12.4 Å². The summed E-state index contributed by atoms with van der Waals surface area (Å²) in [6.07, 6.45) is 5.51. The van der Waals surface area contributed by atoms with E-state index in [9.17, 15) is 9.59 Å². The van der Waals surface area contributed by atoms with Crippen molar-refractivity contribution < 1.29 is 19.1 Å². The number of hydrogen-bond donors (Lipinski definition) is 0. The summed E-state index contributed by atoms with van der Waals surface area (Å²) in [5.41, 5.74) is 0. The molecule has 0 amide bonds. The largest absolute Gasteiger partial charge is 0.508 e. The van der Waals surface area contributed by atoms with Crippen LogP contribution in [0.2, 0.25) is 0 Å². The van der Waals surface area contributed by atoms with Crippen molar-refractivity contribution in [1.82, 2.24) is 0 Å². The first-order valence-electron chi connectivity index (χ1n) is 5.50. The van der Waals surface area contributed by atoms with E-state index in [2.05, 4.69) is 4.74 Å². The fourth-order valence-corrected chi connectivity index (χ4v) is 1.55. The predicted molar refractivity (Wildman–Crippen MR) is 61.2 cm³/mol. The predicted octanol–water partition coefficient (Wildman–Crippen LogP) is 2.72. The third kappa shape index (κ3) is 5.53. The molecule has 0 rings (SSSR count). The Morgan fingerprint density at radius 2 is 2.12 bits per heavy atom. The normalized spacial score (nSPS) is 14.4. The lowest BCUT2D eigenvalue weighted by atomic mass is 9.94. The Labute approximate surface area is 96.6 Å². The quantitative estimate of drug-likeness (QED) is 0.382. The Morgan fingerprint density at radius 1 is 1.44 bits per heavy atom. The van der Waals surface area contributed by atoms with Crippen molar-refractivity contribution in [3.8, 4) is 0 Å². The van der Waals surface area contributed by atoms with E-state index in [0.717, 1.165) is 19.1 Å². The summed E-state index contributed by atoms with van der Waals surface area (Å²) in [6, 6.07) is 0. The second-order valence-electron chi connectivity index (χ2n) is 3.51. The first kappa shape index (κ1) is 14.7. The minimum absolute atomic E-state index is 0.0257. The monoisotopic (exact) mass is 228 g/mol. The zero-order valence-corrected chi connectivity index (χ0v) is 10.1. The number of allylic oxidation sites excluding steroid dienone is 1. The first-order valence-corrected chi connectivity index (χ1v) is 5.50. The maximum Gasteiger partial charge on any atom is 0.508 e. The van der Waals surface area contributed by atoms with Crippen LogP contribution in [-0.2, 0) is 14.3 Å². The average molecular weight is 228 g/mol. The van der Waals surface area contributed by atoms with E-state index < -0.39 is 6.16 Å². The van der Waals surface area contributed by atoms with E-state index in [4.69, 9.17) is 4.74 Å². The Bertz CT molecular complexity index is 235. The fraction of sp³-hybridized carbons (Fsp3) is 0.667. The summed E-state index contributed by atoms with van der Waals surface area (Å²) in [7, 11) is 1.27. The number of hydrogen-bond acceptors (Lipinski definition) is 4. The number of methoxy groups -OCH3 is 1. The molecule has 0 spiro atoms. The minimum atomic E-state index is -0.713. The Balaban J connectivity index is 4.54. The van der Waals surface area contributed by atoms with Gasteiger partial charge in [0.25, 0.3) is 0 Å². The molecular weight excluding hydrogens is 208 g/mol. The molecule has 0 aromatic heterocycles. The lowest BCUT2D eigenvalue weighted by Gasteiger charge is -2.22. The highest BCUT2D eigenvalue weighted by molar-refractivity contribution is 5.60. The van der Waals surface area contributed by atoms with Gasteiger partial charge in [-0.25, -0.2) is 4.79 Å². The van der Waals surface area contributed by atoms with Crippen molar-refractivity contribution >= 4 is 12.4 Å². The van der Waals surface area contributed by atoms with Crippen LogP contribution in [0.15, 0.2) is 12.2 Å². The van der Waals surface area contributed by atoms with E-state index in [1.807, 2.05) is 13.8 Å². The number of ether oxygens (including phenoxy) is 2. The minimum Gasteiger partial charge on any atom is -0.438 e. The SMILES string of the molecule is C/C=C/C(OC(=O)OC)C(CC=O)CCC. The third-order valence-corrected chi connectivity index (χ3v) is 2.30. The molecule has 0 saturated heterocycles. The summed E-state index contributed by atoms with van der Waals surface area (Å²) in [5, 5.41) is 0. The van der Waals surface area contributed by atoms with Crippen molar-refractivity contribution in [2.24, 2.45) is 5.92 Å². The second kappa shape index (κ2) is 8.95. The number of aldehydes is 1. The Morgan fingerprint density at radius 3 is 2.56 bits per heavy atom. The van der Waals surface area contributed by atoms with Crippen LogP contribution in [0.3, 0.4) is 0 Å². The molecule has 4 heteroatoms. The summed E-state index contributed by atoms with van der Waals surface area (Å²) in [4.78, 5) is 21.6. The molecular formula is C12H20O4. The van der Waals surface area contributed by atoms with Crippen LogP contribution >= 0.6 is 0 Å². The summed E-state index contributed by atoms with van der Waals surface area (Å²) in [6.45, 7) is 3.88. The number of rotatable bonds is 7. The molecule has 0 aromatic rings. The topological polar surface area (TPSA) is 52.6 Å². The van der Waals surface area contributed by atoms with E-state index in [-0.39, 0.29) is 12.0 Å². The second-order valence-corrected chi connectivity index (χ2v) is 3.51. The van der Waals surface area contributed by atoms with Gasteiger partial charge in [0.05, 0.1) is 7.11 Å². The molecule has 0 radical (unpaired) electrons. The van der Waals surface area contributed by atoms with E-state index >= 15 is 0 Å². The molecule has 92 valence electrons. The number of carbonyl (C=O) groups is 2. The molecule has 2 unspecified atom stereocenters. The summed E-state index contributed by atoms with van der Waals surface area (Å²) in [5.74, 6) is 0.0257. The van der Waals surface area contributed by atoms with E-state index in [0.29, 0.717) is 6.42 Å². The maximum absolute atomic E-state index is 11.0. The molecule has 0 fully saturated rings. The molecule has 4 nitrogen and oxygen atoms in total. The molecule has 0 aliphatic carbocycles. The zero-order chi connectivity index (χ0) is 12.4. The van der Waals surface area contributed by atoms with Crippen LogP contribution in [0.4, 0.5) is 4.79 Å². The van der Waals surface area contributed by atoms with Crippen molar-refractivity contribution in [3.05, 3.63) is 12.2 Å². The molecule has 16 heavy (non-hydrogen) atoms. The van der Waals surface area contributed by atoms with Gasteiger partial charge in [0.2, 0.25) is 0 Å². The van der Waals surface area contributed by atoms with Gasteiger partial charge >= 0.3 is 6.16 Å². The molecule has 0 aliphatic rings. The van der Waals surface area contributed by atoms with Gasteiger partial charge < -0.3 is 14.3 Å². The van der Waals surface area contributed by atoms with Crippen molar-refractivity contribution in [2.75, 3.05) is 7.11 Å². The lowest BCUT2D eigenvalue weighted by molar-refractivity contribution is -0.109. The molecule has 0 aromatic carbocycles. The van der Waals surface area contributed by atoms with Crippen LogP contribution in [-0.4, -0.2) is 25.7 Å². The smallest absolute Gasteiger partial charge is 0.438 e. The highest BCUT2D eigenvalue weighted by Crippen LogP contribution is 2.19. The van der Waals surface area contributed by atoms with Gasteiger partial charge in [0, 0.05) is 12.3 Å². The van der Waals surface area contributed by atoms with Crippen LogP contribution in [0.25, 0.3) is 0 Å². The average Bonchev–Trinajstić information content (AvgIpc) is 2.28. The van der Waals surface area contributed by atoms with Crippen LogP contribution in [0.5, 0.6) is 0 Å². The van der Waals surface area contributed by atoms with Crippen LogP contribution in [0, 0.1) is 5.92 Å². The maximum atomic E-state index is 11.0. The van der Waals surface area contributed by atoms with Crippen molar-refractivity contribution in [1.29, 1.82) is 0 Å².